The molecule has 0 bridgehead atoms. The van der Waals surface area contributed by atoms with Gasteiger partial charge in [0.2, 0.25) is 0 Å². The third-order valence-corrected chi connectivity index (χ3v) is 4.55. The van der Waals surface area contributed by atoms with Crippen molar-refractivity contribution in [2.24, 2.45) is 0 Å². The van der Waals surface area contributed by atoms with Gasteiger partial charge in [0, 0.05) is 12.0 Å². The minimum Gasteiger partial charge on any atom is -0.479 e. The normalized spacial score (nSPS) is 14.8. The molecule has 2 aromatic rings. The number of aliphatic carboxylic acids is 1. The molecule has 126 valence electrons. The van der Waals surface area contributed by atoms with Gasteiger partial charge in [0.25, 0.3) is 5.91 Å². The largest absolute Gasteiger partial charge is 0.479 e. The number of aryl methyl sites for hydroxylation is 3. The van der Waals surface area contributed by atoms with E-state index in [1.54, 1.807) is 12.1 Å². The van der Waals surface area contributed by atoms with Crippen LogP contribution in [0.2, 0.25) is 0 Å². The molecule has 1 aromatic carbocycles. The molecule has 0 saturated carbocycles. The summed E-state index contributed by atoms with van der Waals surface area (Å²) >= 11 is 0. The lowest BCUT2D eigenvalue weighted by Gasteiger charge is -2.16. The summed E-state index contributed by atoms with van der Waals surface area (Å²) in [6.07, 6.45) is 3.51. The average Bonchev–Trinajstić information content (AvgIpc) is 2.99. The number of hydrogen-bond acceptors (Lipinski definition) is 4. The van der Waals surface area contributed by atoms with Gasteiger partial charge < -0.3 is 14.9 Å². The number of amides is 1. The van der Waals surface area contributed by atoms with E-state index >= 15 is 0 Å². The Morgan fingerprint density at radius 1 is 1.21 bits per heavy atom. The van der Waals surface area contributed by atoms with Gasteiger partial charge >= 0.3 is 5.97 Å². The second kappa shape index (κ2) is 6.47. The Labute approximate surface area is 139 Å². The number of hydrogen-bond donors (Lipinski definition) is 2. The van der Waals surface area contributed by atoms with Crippen LogP contribution in [0.3, 0.4) is 0 Å². The number of rotatable bonds is 4. The predicted molar refractivity (Wildman–Crippen MR) is 86.9 cm³/mol. The van der Waals surface area contributed by atoms with Crippen molar-refractivity contribution in [3.05, 3.63) is 51.9 Å². The second-order valence-corrected chi connectivity index (χ2v) is 6.23. The van der Waals surface area contributed by atoms with Crippen molar-refractivity contribution in [3.8, 4) is 0 Å². The zero-order chi connectivity index (χ0) is 17.3. The zero-order valence-corrected chi connectivity index (χ0v) is 13.8. The third-order valence-electron chi connectivity index (χ3n) is 4.55. The van der Waals surface area contributed by atoms with E-state index in [1.807, 2.05) is 19.9 Å². The summed E-state index contributed by atoms with van der Waals surface area (Å²) < 4.78 is 5.23. The van der Waals surface area contributed by atoms with Crippen LogP contribution in [-0.2, 0) is 17.6 Å². The van der Waals surface area contributed by atoms with Crippen molar-refractivity contribution in [1.29, 1.82) is 0 Å². The highest BCUT2D eigenvalue weighted by atomic mass is 16.5. The fourth-order valence-electron chi connectivity index (χ4n) is 2.99. The standard InChI is InChI=1S/C18H20N2O4/c1-10-7-8-12(9-11(10)2)15(18(22)23)19-17(21)16-13-5-3-4-6-14(13)24-20-16/h7-9,15H,3-6H2,1-2H3,(H,19,21)(H,22,23). The van der Waals surface area contributed by atoms with Crippen LogP contribution in [0.25, 0.3) is 0 Å². The summed E-state index contributed by atoms with van der Waals surface area (Å²) in [6, 6.07) is 4.24. The van der Waals surface area contributed by atoms with Crippen molar-refractivity contribution < 1.29 is 19.2 Å². The number of carbonyl (C=O) groups is 2. The predicted octanol–water partition coefficient (Wildman–Crippen LogP) is 2.73. The van der Waals surface area contributed by atoms with E-state index in [0.717, 1.165) is 48.1 Å². The van der Waals surface area contributed by atoms with Gasteiger partial charge in [-0.15, -0.1) is 0 Å². The molecule has 1 atom stereocenters. The summed E-state index contributed by atoms with van der Waals surface area (Å²) in [6.45, 7) is 3.86. The van der Waals surface area contributed by atoms with Crippen LogP contribution in [-0.4, -0.2) is 22.1 Å². The Bertz CT molecular complexity index is 794. The number of benzene rings is 1. The maximum atomic E-state index is 12.5. The van der Waals surface area contributed by atoms with Crippen molar-refractivity contribution in [2.45, 2.75) is 45.6 Å². The van der Waals surface area contributed by atoms with E-state index < -0.39 is 17.9 Å². The van der Waals surface area contributed by atoms with Crippen molar-refractivity contribution in [3.63, 3.8) is 0 Å². The molecule has 1 amide bonds. The molecule has 0 radical (unpaired) electrons. The van der Waals surface area contributed by atoms with Gasteiger partial charge in [-0.05, 0) is 49.8 Å². The topological polar surface area (TPSA) is 92.4 Å². The number of carboxylic acids is 1. The summed E-state index contributed by atoms with van der Waals surface area (Å²) in [5, 5.41) is 15.9. The molecule has 6 heteroatoms. The SMILES string of the molecule is Cc1ccc(C(NC(=O)c2noc3c2CCCC3)C(=O)O)cc1C. The van der Waals surface area contributed by atoms with Gasteiger partial charge in [-0.25, -0.2) is 4.79 Å². The fourth-order valence-corrected chi connectivity index (χ4v) is 2.99. The number of carboxylic acid groups (broad SMARTS) is 1. The molecular weight excluding hydrogens is 308 g/mol. The first-order valence-electron chi connectivity index (χ1n) is 8.05. The lowest BCUT2D eigenvalue weighted by atomic mass is 9.96. The lowest BCUT2D eigenvalue weighted by molar-refractivity contribution is -0.139. The minimum absolute atomic E-state index is 0.208. The second-order valence-electron chi connectivity index (χ2n) is 6.23. The Kier molecular flexibility index (Phi) is 4.38. The van der Waals surface area contributed by atoms with Crippen LogP contribution in [0, 0.1) is 13.8 Å². The van der Waals surface area contributed by atoms with Crippen LogP contribution >= 0.6 is 0 Å². The maximum absolute atomic E-state index is 12.5. The number of nitrogens with one attached hydrogen (secondary N) is 1. The molecule has 1 aliphatic rings. The monoisotopic (exact) mass is 328 g/mol. The summed E-state index contributed by atoms with van der Waals surface area (Å²) in [5.41, 5.74) is 3.60. The number of carbonyl (C=O) groups excluding carboxylic acids is 1. The quantitative estimate of drug-likeness (QED) is 0.900. The molecule has 1 unspecified atom stereocenters. The van der Waals surface area contributed by atoms with E-state index in [-0.39, 0.29) is 5.69 Å². The molecule has 1 aromatic heterocycles. The van der Waals surface area contributed by atoms with Crippen LogP contribution < -0.4 is 5.32 Å². The summed E-state index contributed by atoms with van der Waals surface area (Å²) in [4.78, 5) is 24.2. The maximum Gasteiger partial charge on any atom is 0.330 e. The molecule has 0 fully saturated rings. The van der Waals surface area contributed by atoms with Crippen molar-refractivity contribution in [2.75, 3.05) is 0 Å². The number of fused-ring (bicyclic) bond motifs is 1. The van der Waals surface area contributed by atoms with Crippen LogP contribution in [0.15, 0.2) is 22.7 Å². The Morgan fingerprint density at radius 3 is 2.67 bits per heavy atom. The molecule has 6 nitrogen and oxygen atoms in total. The zero-order valence-electron chi connectivity index (χ0n) is 13.8. The van der Waals surface area contributed by atoms with Gasteiger partial charge in [-0.2, -0.15) is 0 Å². The third kappa shape index (κ3) is 3.04. The molecule has 0 saturated heterocycles. The fraction of sp³-hybridized carbons (Fsp3) is 0.389. The number of aromatic nitrogens is 1. The molecule has 2 N–H and O–H groups in total. The highest BCUT2D eigenvalue weighted by molar-refractivity contribution is 5.96. The van der Waals surface area contributed by atoms with Crippen molar-refractivity contribution >= 4 is 11.9 Å². The Hall–Kier alpha value is -2.63. The van der Waals surface area contributed by atoms with Gasteiger partial charge in [0.05, 0.1) is 0 Å². The average molecular weight is 328 g/mol. The molecule has 1 aliphatic carbocycles. The lowest BCUT2D eigenvalue weighted by Crippen LogP contribution is -2.34. The minimum atomic E-state index is -1.12. The first-order chi connectivity index (χ1) is 11.5. The van der Waals surface area contributed by atoms with Gasteiger partial charge in [0.1, 0.15) is 5.76 Å². The van der Waals surface area contributed by atoms with Crippen LogP contribution in [0.4, 0.5) is 0 Å². The van der Waals surface area contributed by atoms with Crippen LogP contribution in [0.5, 0.6) is 0 Å². The van der Waals surface area contributed by atoms with Crippen molar-refractivity contribution in [1.82, 2.24) is 10.5 Å². The van der Waals surface area contributed by atoms with Gasteiger partial charge in [-0.1, -0.05) is 23.4 Å². The van der Waals surface area contributed by atoms with Gasteiger partial charge in [0.15, 0.2) is 11.7 Å². The van der Waals surface area contributed by atoms with Crippen LogP contribution in [0.1, 0.15) is 57.4 Å². The molecule has 0 aliphatic heterocycles. The Balaban J connectivity index is 1.86. The van der Waals surface area contributed by atoms with E-state index in [2.05, 4.69) is 10.5 Å². The smallest absolute Gasteiger partial charge is 0.330 e. The molecule has 0 spiro atoms. The van der Waals surface area contributed by atoms with Gasteiger partial charge in [-0.3, -0.25) is 4.79 Å². The van der Waals surface area contributed by atoms with E-state index in [0.29, 0.717) is 5.56 Å². The summed E-state index contributed by atoms with van der Waals surface area (Å²) in [5.74, 6) is -0.874. The highest BCUT2D eigenvalue weighted by Gasteiger charge is 2.28. The first-order valence-corrected chi connectivity index (χ1v) is 8.05. The first kappa shape index (κ1) is 16.2. The molecule has 24 heavy (non-hydrogen) atoms. The van der Waals surface area contributed by atoms with E-state index in [1.165, 1.54) is 0 Å². The highest BCUT2D eigenvalue weighted by Crippen LogP contribution is 2.25. The van der Waals surface area contributed by atoms with E-state index in [9.17, 15) is 14.7 Å². The molecular formula is C18H20N2O4. The van der Waals surface area contributed by atoms with E-state index in [4.69, 9.17) is 4.52 Å². The molecule has 3 rings (SSSR count). The summed E-state index contributed by atoms with van der Waals surface area (Å²) in [7, 11) is 0. The molecule has 1 heterocycles. The Morgan fingerprint density at radius 2 is 1.96 bits per heavy atom. The number of nitrogens with zero attached hydrogens (tertiary/aromatic N) is 1.